The van der Waals surface area contributed by atoms with Crippen molar-refractivity contribution < 1.29 is 9.59 Å². The van der Waals surface area contributed by atoms with Gasteiger partial charge in [-0.15, -0.1) is 5.10 Å². The van der Waals surface area contributed by atoms with E-state index in [4.69, 9.17) is 0 Å². The minimum absolute atomic E-state index is 0.0942. The van der Waals surface area contributed by atoms with Crippen molar-refractivity contribution in [3.05, 3.63) is 28.7 Å². The highest BCUT2D eigenvalue weighted by molar-refractivity contribution is 9.10. The number of hydrogen-bond donors (Lipinski definition) is 2. The monoisotopic (exact) mass is 450 g/mol. The van der Waals surface area contributed by atoms with Gasteiger partial charge in [0.15, 0.2) is 5.17 Å². The molecule has 27 heavy (non-hydrogen) atoms. The zero-order valence-corrected chi connectivity index (χ0v) is 17.6. The third-order valence-electron chi connectivity index (χ3n) is 4.77. The first-order valence-corrected chi connectivity index (χ1v) is 10.8. The standard InChI is InChI=1S/C19H23BrN4O2S/c1-12(13-5-3-2-4-6-13)23-24-19-22-18(26)16(27-19)11-17(25)21-15-9-7-14(20)8-10-15/h7-10,13,16H,2-6,11H2,1H3,(H,21,25)(H,22,24,26). The fraction of sp³-hybridized carbons (Fsp3) is 0.474. The van der Waals surface area contributed by atoms with Crippen LogP contribution in [0.1, 0.15) is 45.4 Å². The van der Waals surface area contributed by atoms with Gasteiger partial charge in [-0.05, 0) is 49.9 Å². The maximum atomic E-state index is 12.2. The molecule has 1 aliphatic heterocycles. The van der Waals surface area contributed by atoms with Gasteiger partial charge in [-0.25, -0.2) is 0 Å². The van der Waals surface area contributed by atoms with Crippen molar-refractivity contribution in [1.82, 2.24) is 5.32 Å². The summed E-state index contributed by atoms with van der Waals surface area (Å²) in [5.74, 6) is 0.0982. The van der Waals surface area contributed by atoms with E-state index < -0.39 is 5.25 Å². The van der Waals surface area contributed by atoms with E-state index >= 15 is 0 Å². The third kappa shape index (κ3) is 5.90. The molecule has 1 aromatic rings. The SMILES string of the molecule is CC(=NN=C1NC(=O)C(CC(=O)Nc2ccc(Br)cc2)S1)C1CCCCC1. The molecule has 1 aliphatic carbocycles. The van der Waals surface area contributed by atoms with E-state index in [9.17, 15) is 9.59 Å². The Morgan fingerprint density at radius 3 is 2.67 bits per heavy atom. The number of nitrogens with zero attached hydrogens (tertiary/aromatic N) is 2. The Kier molecular flexibility index (Phi) is 7.07. The van der Waals surface area contributed by atoms with Crippen molar-refractivity contribution in [3.63, 3.8) is 0 Å². The quantitative estimate of drug-likeness (QED) is 0.517. The van der Waals surface area contributed by atoms with Gasteiger partial charge >= 0.3 is 0 Å². The van der Waals surface area contributed by atoms with E-state index in [1.807, 2.05) is 19.1 Å². The van der Waals surface area contributed by atoms with Crippen molar-refractivity contribution in [2.45, 2.75) is 50.7 Å². The van der Waals surface area contributed by atoms with Gasteiger partial charge in [-0.1, -0.05) is 47.0 Å². The van der Waals surface area contributed by atoms with Gasteiger partial charge in [0.05, 0.1) is 0 Å². The number of halogens is 1. The molecule has 3 rings (SSSR count). The Labute approximate surface area is 171 Å². The van der Waals surface area contributed by atoms with Crippen molar-refractivity contribution in [3.8, 4) is 0 Å². The van der Waals surface area contributed by atoms with Crippen LogP contribution in [-0.4, -0.2) is 27.9 Å². The smallest absolute Gasteiger partial charge is 0.240 e. The molecular weight excluding hydrogens is 428 g/mol. The first-order chi connectivity index (χ1) is 13.0. The molecular formula is C19H23BrN4O2S. The highest BCUT2D eigenvalue weighted by Crippen LogP contribution is 2.26. The average Bonchev–Trinajstić information content (AvgIpc) is 3.01. The number of rotatable bonds is 5. The lowest BCUT2D eigenvalue weighted by Gasteiger charge is -2.20. The van der Waals surface area contributed by atoms with Gasteiger partial charge in [-0.3, -0.25) is 9.59 Å². The third-order valence-corrected chi connectivity index (χ3v) is 6.37. The van der Waals surface area contributed by atoms with Gasteiger partial charge in [0.2, 0.25) is 11.8 Å². The summed E-state index contributed by atoms with van der Waals surface area (Å²) < 4.78 is 0.941. The first kappa shape index (κ1) is 20.1. The van der Waals surface area contributed by atoms with Gasteiger partial charge in [0.25, 0.3) is 0 Å². The molecule has 2 N–H and O–H groups in total. The Hall–Kier alpha value is -1.67. The average molecular weight is 451 g/mol. The van der Waals surface area contributed by atoms with Gasteiger partial charge in [0.1, 0.15) is 5.25 Å². The van der Waals surface area contributed by atoms with Crippen LogP contribution in [0, 0.1) is 5.92 Å². The maximum Gasteiger partial charge on any atom is 0.240 e. The van der Waals surface area contributed by atoms with Crippen LogP contribution in [0.2, 0.25) is 0 Å². The summed E-state index contributed by atoms with van der Waals surface area (Å²) in [7, 11) is 0. The summed E-state index contributed by atoms with van der Waals surface area (Å²) in [5, 5.41) is 14.0. The Morgan fingerprint density at radius 2 is 1.96 bits per heavy atom. The number of benzene rings is 1. The number of anilines is 1. The van der Waals surface area contributed by atoms with Crippen molar-refractivity contribution in [1.29, 1.82) is 0 Å². The summed E-state index contributed by atoms with van der Waals surface area (Å²) in [4.78, 5) is 24.3. The van der Waals surface area contributed by atoms with Crippen LogP contribution in [-0.2, 0) is 9.59 Å². The van der Waals surface area contributed by atoms with Gasteiger partial charge < -0.3 is 10.6 Å². The summed E-state index contributed by atoms with van der Waals surface area (Å²) >= 11 is 4.62. The molecule has 2 amide bonds. The highest BCUT2D eigenvalue weighted by Gasteiger charge is 2.32. The molecule has 1 aromatic carbocycles. The summed E-state index contributed by atoms with van der Waals surface area (Å²) in [6.07, 6.45) is 6.21. The largest absolute Gasteiger partial charge is 0.326 e. The maximum absolute atomic E-state index is 12.2. The van der Waals surface area contributed by atoms with E-state index in [1.54, 1.807) is 12.1 Å². The molecule has 8 heteroatoms. The Balaban J connectivity index is 1.53. The number of carbonyl (C=O) groups is 2. The fourth-order valence-electron chi connectivity index (χ4n) is 3.23. The number of amides is 2. The molecule has 1 saturated heterocycles. The van der Waals surface area contributed by atoms with Crippen LogP contribution in [0.4, 0.5) is 5.69 Å². The zero-order valence-electron chi connectivity index (χ0n) is 15.2. The topological polar surface area (TPSA) is 82.9 Å². The number of hydrogen-bond acceptors (Lipinski definition) is 5. The summed E-state index contributed by atoms with van der Waals surface area (Å²) in [6.45, 7) is 2.00. The van der Waals surface area contributed by atoms with Crippen molar-refractivity contribution in [2.24, 2.45) is 16.1 Å². The predicted octanol–water partition coefficient (Wildman–Crippen LogP) is 4.32. The van der Waals surface area contributed by atoms with Crippen LogP contribution < -0.4 is 10.6 Å². The van der Waals surface area contributed by atoms with E-state index in [1.165, 1.54) is 43.9 Å². The molecule has 0 aromatic heterocycles. The molecule has 1 atom stereocenters. The van der Waals surface area contributed by atoms with Gasteiger partial charge in [0, 0.05) is 22.3 Å². The number of amidine groups is 1. The van der Waals surface area contributed by atoms with Crippen molar-refractivity contribution in [2.75, 3.05) is 5.32 Å². The molecule has 0 bridgehead atoms. The fourth-order valence-corrected chi connectivity index (χ4v) is 4.41. The van der Waals surface area contributed by atoms with Crippen molar-refractivity contribution >= 4 is 56.1 Å². The zero-order chi connectivity index (χ0) is 19.2. The van der Waals surface area contributed by atoms with Crippen LogP contribution >= 0.6 is 27.7 Å². The Bertz CT molecular complexity index is 757. The van der Waals surface area contributed by atoms with Crippen LogP contribution in [0.3, 0.4) is 0 Å². The molecule has 1 unspecified atom stereocenters. The minimum Gasteiger partial charge on any atom is -0.326 e. The number of carbonyl (C=O) groups excluding carboxylic acids is 2. The molecule has 2 fully saturated rings. The minimum atomic E-state index is -0.482. The van der Waals surface area contributed by atoms with E-state index in [2.05, 4.69) is 36.8 Å². The number of thioether (sulfide) groups is 1. The lowest BCUT2D eigenvalue weighted by Crippen LogP contribution is -2.28. The Morgan fingerprint density at radius 1 is 1.26 bits per heavy atom. The molecule has 2 aliphatic rings. The highest BCUT2D eigenvalue weighted by atomic mass is 79.9. The van der Waals surface area contributed by atoms with E-state index in [-0.39, 0.29) is 18.2 Å². The van der Waals surface area contributed by atoms with Crippen LogP contribution in [0.5, 0.6) is 0 Å². The van der Waals surface area contributed by atoms with E-state index in [0.29, 0.717) is 16.8 Å². The second-order valence-corrected chi connectivity index (χ2v) is 8.94. The molecule has 0 radical (unpaired) electrons. The second-order valence-electron chi connectivity index (χ2n) is 6.84. The second kappa shape index (κ2) is 9.50. The van der Waals surface area contributed by atoms with E-state index in [0.717, 1.165) is 10.2 Å². The predicted molar refractivity (Wildman–Crippen MR) is 114 cm³/mol. The molecule has 144 valence electrons. The van der Waals surface area contributed by atoms with Crippen LogP contribution in [0.15, 0.2) is 38.9 Å². The lowest BCUT2D eigenvalue weighted by molar-refractivity contribution is -0.122. The van der Waals surface area contributed by atoms with Gasteiger partial charge in [-0.2, -0.15) is 5.10 Å². The summed E-state index contributed by atoms with van der Waals surface area (Å²) in [5.41, 5.74) is 1.72. The van der Waals surface area contributed by atoms with Crippen LogP contribution in [0.25, 0.3) is 0 Å². The summed E-state index contributed by atoms with van der Waals surface area (Å²) in [6, 6.07) is 7.31. The first-order valence-electron chi connectivity index (χ1n) is 9.16. The molecule has 1 saturated carbocycles. The molecule has 0 spiro atoms. The number of nitrogens with one attached hydrogen (secondary N) is 2. The molecule has 6 nitrogen and oxygen atoms in total. The normalized spacial score (nSPS) is 22.7. The lowest BCUT2D eigenvalue weighted by atomic mass is 9.86. The molecule has 1 heterocycles.